The first kappa shape index (κ1) is 9.71. The molecule has 0 unspecified atom stereocenters. The number of nitrogens with one attached hydrogen (secondary N) is 1. The van der Waals surface area contributed by atoms with E-state index in [0.29, 0.717) is 11.5 Å². The summed E-state index contributed by atoms with van der Waals surface area (Å²) < 4.78 is 15.1. The van der Waals surface area contributed by atoms with E-state index in [-0.39, 0.29) is 5.82 Å². The molecule has 78 valence electrons. The molecule has 1 aromatic carbocycles. The van der Waals surface area contributed by atoms with Gasteiger partial charge in [-0.1, -0.05) is 6.07 Å². The number of anilines is 1. The first-order valence-corrected chi connectivity index (χ1v) is 4.70. The Bertz CT molecular complexity index is 476. The van der Waals surface area contributed by atoms with Gasteiger partial charge in [-0.05, 0) is 24.6 Å². The highest BCUT2D eigenvalue weighted by molar-refractivity contribution is 5.42. The van der Waals surface area contributed by atoms with Gasteiger partial charge < -0.3 is 5.32 Å². The summed E-state index contributed by atoms with van der Waals surface area (Å²) in [5.74, 6) is 0.488. The molecule has 4 heteroatoms. The van der Waals surface area contributed by atoms with Crippen LogP contribution in [0.1, 0.15) is 5.56 Å². The molecule has 0 aliphatic heterocycles. The normalized spacial score (nSPS) is 10.3. The highest BCUT2D eigenvalue weighted by atomic mass is 19.1. The lowest BCUT2D eigenvalue weighted by Crippen LogP contribution is -2.01. The van der Waals surface area contributed by atoms with Gasteiger partial charge in [0.15, 0.2) is 0 Å². The summed E-state index contributed by atoms with van der Waals surface area (Å²) in [6.45, 7) is 1.74. The standard InChI is InChI=1S/C11H12FN3/c1-8-3-4-9(7-10(8)12)15-6-5-14-11(15)13-2/h3-7H,1-2H3,(H,13,14). The van der Waals surface area contributed by atoms with E-state index < -0.39 is 0 Å². The van der Waals surface area contributed by atoms with E-state index in [1.54, 1.807) is 37.0 Å². The van der Waals surface area contributed by atoms with Crippen molar-refractivity contribution in [3.05, 3.63) is 42.0 Å². The lowest BCUT2D eigenvalue weighted by molar-refractivity contribution is 0.617. The SMILES string of the molecule is CNc1nccn1-c1ccc(C)c(F)c1. The molecular formula is C11H12FN3. The van der Waals surface area contributed by atoms with Crippen LogP contribution in [0, 0.1) is 12.7 Å². The van der Waals surface area contributed by atoms with Crippen LogP contribution < -0.4 is 5.32 Å². The molecule has 0 amide bonds. The minimum Gasteiger partial charge on any atom is -0.358 e. The van der Waals surface area contributed by atoms with E-state index in [4.69, 9.17) is 0 Å². The third kappa shape index (κ3) is 1.70. The van der Waals surface area contributed by atoms with Gasteiger partial charge in [0.25, 0.3) is 0 Å². The largest absolute Gasteiger partial charge is 0.358 e. The van der Waals surface area contributed by atoms with Gasteiger partial charge in [-0.3, -0.25) is 4.57 Å². The highest BCUT2D eigenvalue weighted by Crippen LogP contribution is 2.16. The van der Waals surface area contributed by atoms with E-state index in [9.17, 15) is 4.39 Å². The number of aromatic nitrogens is 2. The van der Waals surface area contributed by atoms with Crippen LogP contribution >= 0.6 is 0 Å². The maximum absolute atomic E-state index is 13.4. The number of aryl methyl sites for hydroxylation is 1. The minimum absolute atomic E-state index is 0.205. The fourth-order valence-electron chi connectivity index (χ4n) is 1.43. The van der Waals surface area contributed by atoms with Crippen molar-refractivity contribution in [2.24, 2.45) is 0 Å². The molecule has 0 aliphatic rings. The molecule has 0 spiro atoms. The first-order chi connectivity index (χ1) is 7.22. The van der Waals surface area contributed by atoms with Crippen LogP contribution in [0.4, 0.5) is 10.3 Å². The molecule has 2 rings (SSSR count). The molecule has 0 fully saturated rings. The van der Waals surface area contributed by atoms with Gasteiger partial charge in [0.05, 0.1) is 5.69 Å². The average molecular weight is 205 g/mol. The summed E-state index contributed by atoms with van der Waals surface area (Å²) in [7, 11) is 1.78. The maximum Gasteiger partial charge on any atom is 0.207 e. The summed E-state index contributed by atoms with van der Waals surface area (Å²) in [4.78, 5) is 4.09. The average Bonchev–Trinajstić information content (AvgIpc) is 2.70. The molecule has 0 radical (unpaired) electrons. The van der Waals surface area contributed by atoms with Crippen molar-refractivity contribution in [2.75, 3.05) is 12.4 Å². The van der Waals surface area contributed by atoms with Gasteiger partial charge in [0.1, 0.15) is 5.82 Å². The molecule has 0 atom stereocenters. The minimum atomic E-state index is -0.205. The molecule has 1 heterocycles. The summed E-state index contributed by atoms with van der Waals surface area (Å²) in [5, 5.41) is 2.94. The zero-order valence-electron chi connectivity index (χ0n) is 8.66. The van der Waals surface area contributed by atoms with Gasteiger partial charge in [0, 0.05) is 19.4 Å². The fraction of sp³-hybridized carbons (Fsp3) is 0.182. The van der Waals surface area contributed by atoms with Crippen LogP contribution in [-0.4, -0.2) is 16.6 Å². The van der Waals surface area contributed by atoms with E-state index in [1.165, 1.54) is 6.07 Å². The molecule has 3 nitrogen and oxygen atoms in total. The maximum atomic E-state index is 13.4. The van der Waals surface area contributed by atoms with Crippen molar-refractivity contribution < 1.29 is 4.39 Å². The number of rotatable bonds is 2. The smallest absolute Gasteiger partial charge is 0.207 e. The van der Waals surface area contributed by atoms with Gasteiger partial charge in [-0.25, -0.2) is 9.37 Å². The number of halogens is 1. The van der Waals surface area contributed by atoms with E-state index in [0.717, 1.165) is 5.69 Å². The zero-order valence-corrected chi connectivity index (χ0v) is 8.66. The second kappa shape index (κ2) is 3.73. The van der Waals surface area contributed by atoms with Gasteiger partial charge in [-0.2, -0.15) is 0 Å². The summed E-state index contributed by atoms with van der Waals surface area (Å²) in [6.07, 6.45) is 3.46. The van der Waals surface area contributed by atoms with E-state index in [1.807, 2.05) is 6.07 Å². The predicted octanol–water partition coefficient (Wildman–Crippen LogP) is 2.36. The Morgan fingerprint density at radius 1 is 1.40 bits per heavy atom. The zero-order chi connectivity index (χ0) is 10.8. The van der Waals surface area contributed by atoms with Gasteiger partial charge in [-0.15, -0.1) is 0 Å². The Hall–Kier alpha value is -1.84. The number of nitrogens with zero attached hydrogens (tertiary/aromatic N) is 2. The van der Waals surface area contributed by atoms with Crippen LogP contribution in [0.15, 0.2) is 30.6 Å². The number of benzene rings is 1. The van der Waals surface area contributed by atoms with Crippen LogP contribution in [0.5, 0.6) is 0 Å². The molecule has 0 aliphatic carbocycles. The number of hydrogen-bond acceptors (Lipinski definition) is 2. The third-order valence-corrected chi connectivity index (χ3v) is 2.30. The van der Waals surface area contributed by atoms with Gasteiger partial charge >= 0.3 is 0 Å². The van der Waals surface area contributed by atoms with Crippen molar-refractivity contribution >= 4 is 5.95 Å². The topological polar surface area (TPSA) is 29.9 Å². The Balaban J connectivity index is 2.50. The summed E-state index contributed by atoms with van der Waals surface area (Å²) >= 11 is 0. The highest BCUT2D eigenvalue weighted by Gasteiger charge is 2.04. The molecule has 2 aromatic rings. The Labute approximate surface area is 87.6 Å². The lowest BCUT2D eigenvalue weighted by atomic mass is 10.2. The van der Waals surface area contributed by atoms with Crippen molar-refractivity contribution in [3.8, 4) is 5.69 Å². The molecule has 0 saturated carbocycles. The number of hydrogen-bond donors (Lipinski definition) is 1. The third-order valence-electron chi connectivity index (χ3n) is 2.30. The lowest BCUT2D eigenvalue weighted by Gasteiger charge is -2.07. The molecule has 15 heavy (non-hydrogen) atoms. The van der Waals surface area contributed by atoms with Crippen molar-refractivity contribution in [1.29, 1.82) is 0 Å². The molecule has 1 N–H and O–H groups in total. The Morgan fingerprint density at radius 3 is 2.87 bits per heavy atom. The Kier molecular flexibility index (Phi) is 2.41. The van der Waals surface area contributed by atoms with Crippen LogP contribution in [0.25, 0.3) is 5.69 Å². The number of imidazole rings is 1. The van der Waals surface area contributed by atoms with Crippen LogP contribution in [0.2, 0.25) is 0 Å². The van der Waals surface area contributed by atoms with Gasteiger partial charge in [0.2, 0.25) is 5.95 Å². The Morgan fingerprint density at radius 2 is 2.20 bits per heavy atom. The first-order valence-electron chi connectivity index (χ1n) is 4.70. The van der Waals surface area contributed by atoms with E-state index >= 15 is 0 Å². The monoisotopic (exact) mass is 205 g/mol. The van der Waals surface area contributed by atoms with Crippen molar-refractivity contribution in [3.63, 3.8) is 0 Å². The summed E-state index contributed by atoms with van der Waals surface area (Å²) in [5.41, 5.74) is 1.41. The summed E-state index contributed by atoms with van der Waals surface area (Å²) in [6, 6.07) is 5.11. The predicted molar refractivity (Wildman–Crippen MR) is 57.8 cm³/mol. The quantitative estimate of drug-likeness (QED) is 0.815. The van der Waals surface area contributed by atoms with Crippen molar-refractivity contribution in [2.45, 2.75) is 6.92 Å². The molecule has 0 saturated heterocycles. The second-order valence-corrected chi connectivity index (χ2v) is 3.30. The fourth-order valence-corrected chi connectivity index (χ4v) is 1.43. The molecular weight excluding hydrogens is 193 g/mol. The van der Waals surface area contributed by atoms with Crippen LogP contribution in [0.3, 0.4) is 0 Å². The van der Waals surface area contributed by atoms with Crippen molar-refractivity contribution in [1.82, 2.24) is 9.55 Å². The molecule has 0 bridgehead atoms. The van der Waals surface area contributed by atoms with Crippen LogP contribution in [-0.2, 0) is 0 Å². The second-order valence-electron chi connectivity index (χ2n) is 3.30. The molecule has 1 aromatic heterocycles. The van der Waals surface area contributed by atoms with E-state index in [2.05, 4.69) is 10.3 Å².